The molecule has 0 atom stereocenters. The SMILES string of the molecule is C=COC/C(CS)=C(/NCCC=O)C(=O)O. The number of carbonyl (C=O) groups is 2. The molecule has 90 valence electrons. The number of carboxylic acid groups (broad SMARTS) is 1. The topological polar surface area (TPSA) is 75.6 Å². The number of nitrogens with one attached hydrogen (secondary N) is 1. The summed E-state index contributed by atoms with van der Waals surface area (Å²) >= 11 is 4.02. The second-order valence-electron chi connectivity index (χ2n) is 2.80. The van der Waals surface area contributed by atoms with Crippen LogP contribution in [0.1, 0.15) is 6.42 Å². The molecule has 0 saturated heterocycles. The number of aliphatic carboxylic acids is 1. The number of carbonyl (C=O) groups excluding carboxylic acids is 1. The Kier molecular flexibility index (Phi) is 8.05. The first-order valence-corrected chi connectivity index (χ1v) is 5.26. The predicted octanol–water partition coefficient (Wildman–Crippen LogP) is 0.594. The molecular weight excluding hydrogens is 230 g/mol. The molecule has 0 aromatic carbocycles. The molecule has 0 bridgehead atoms. The van der Waals surface area contributed by atoms with Gasteiger partial charge in [-0.2, -0.15) is 12.6 Å². The van der Waals surface area contributed by atoms with Crippen molar-refractivity contribution in [3.05, 3.63) is 24.1 Å². The van der Waals surface area contributed by atoms with Crippen molar-refractivity contribution < 1.29 is 19.4 Å². The van der Waals surface area contributed by atoms with Crippen molar-refractivity contribution in [2.45, 2.75) is 6.42 Å². The Morgan fingerprint density at radius 3 is 2.69 bits per heavy atom. The summed E-state index contributed by atoms with van der Waals surface area (Å²) in [6, 6.07) is 0. The van der Waals surface area contributed by atoms with Crippen molar-refractivity contribution in [1.82, 2.24) is 5.32 Å². The van der Waals surface area contributed by atoms with E-state index in [2.05, 4.69) is 24.5 Å². The van der Waals surface area contributed by atoms with Crippen LogP contribution in [0.4, 0.5) is 0 Å². The van der Waals surface area contributed by atoms with Gasteiger partial charge < -0.3 is 20.0 Å². The minimum Gasteiger partial charge on any atom is -0.497 e. The zero-order chi connectivity index (χ0) is 12.4. The van der Waals surface area contributed by atoms with Crippen LogP contribution in [0, 0.1) is 0 Å². The number of aldehydes is 1. The first-order valence-electron chi connectivity index (χ1n) is 4.63. The molecular formula is C10H15NO4S. The van der Waals surface area contributed by atoms with E-state index in [-0.39, 0.29) is 31.0 Å². The fourth-order valence-corrected chi connectivity index (χ4v) is 1.21. The fraction of sp³-hybridized carbons (Fsp3) is 0.400. The Morgan fingerprint density at radius 1 is 1.56 bits per heavy atom. The van der Waals surface area contributed by atoms with Crippen LogP contribution < -0.4 is 5.32 Å². The molecule has 0 aliphatic heterocycles. The lowest BCUT2D eigenvalue weighted by Gasteiger charge is -2.11. The van der Waals surface area contributed by atoms with Gasteiger partial charge >= 0.3 is 5.97 Å². The summed E-state index contributed by atoms with van der Waals surface area (Å²) in [5.74, 6) is -0.841. The minimum absolute atomic E-state index is 0.0266. The molecule has 0 amide bonds. The highest BCUT2D eigenvalue weighted by atomic mass is 32.1. The maximum atomic E-state index is 10.9. The zero-order valence-electron chi connectivity index (χ0n) is 8.81. The molecule has 2 N–H and O–H groups in total. The molecule has 0 aromatic rings. The molecule has 0 heterocycles. The van der Waals surface area contributed by atoms with Crippen molar-refractivity contribution >= 4 is 24.9 Å². The monoisotopic (exact) mass is 245 g/mol. The molecule has 0 saturated carbocycles. The van der Waals surface area contributed by atoms with E-state index in [0.29, 0.717) is 11.9 Å². The lowest BCUT2D eigenvalue weighted by molar-refractivity contribution is -0.133. The molecule has 0 rings (SSSR count). The predicted molar refractivity (Wildman–Crippen MR) is 63.3 cm³/mol. The summed E-state index contributed by atoms with van der Waals surface area (Å²) in [6.45, 7) is 3.75. The van der Waals surface area contributed by atoms with E-state index in [9.17, 15) is 9.59 Å². The number of ether oxygens (including phenoxy) is 1. The maximum Gasteiger partial charge on any atom is 0.352 e. The van der Waals surface area contributed by atoms with Gasteiger partial charge in [-0.05, 0) is 0 Å². The molecule has 0 spiro atoms. The Balaban J connectivity index is 4.63. The molecule has 0 aromatic heterocycles. The Hall–Kier alpha value is -1.43. The third-order valence-corrected chi connectivity index (χ3v) is 2.08. The van der Waals surface area contributed by atoms with Gasteiger partial charge in [0.25, 0.3) is 0 Å². The van der Waals surface area contributed by atoms with Crippen LogP contribution >= 0.6 is 12.6 Å². The average molecular weight is 245 g/mol. The van der Waals surface area contributed by atoms with Crippen molar-refractivity contribution in [3.8, 4) is 0 Å². The van der Waals surface area contributed by atoms with Crippen LogP contribution in [0.15, 0.2) is 24.1 Å². The van der Waals surface area contributed by atoms with Crippen molar-refractivity contribution in [2.24, 2.45) is 0 Å². The summed E-state index contributed by atoms with van der Waals surface area (Å²) in [5, 5.41) is 11.6. The molecule has 0 fully saturated rings. The van der Waals surface area contributed by atoms with Crippen molar-refractivity contribution in [2.75, 3.05) is 18.9 Å². The molecule has 0 unspecified atom stereocenters. The highest BCUT2D eigenvalue weighted by Gasteiger charge is 2.13. The van der Waals surface area contributed by atoms with Gasteiger partial charge in [0, 0.05) is 24.3 Å². The van der Waals surface area contributed by atoms with Gasteiger partial charge in [-0.15, -0.1) is 0 Å². The van der Waals surface area contributed by atoms with Gasteiger partial charge in [0.2, 0.25) is 0 Å². The highest BCUT2D eigenvalue weighted by molar-refractivity contribution is 7.80. The zero-order valence-corrected chi connectivity index (χ0v) is 9.70. The van der Waals surface area contributed by atoms with E-state index in [4.69, 9.17) is 9.84 Å². The number of hydrogen-bond donors (Lipinski definition) is 3. The third kappa shape index (κ3) is 5.45. The van der Waals surface area contributed by atoms with E-state index in [1.165, 1.54) is 6.26 Å². The Labute approximate surface area is 99.6 Å². The molecule has 0 aliphatic carbocycles. The van der Waals surface area contributed by atoms with Gasteiger partial charge in [-0.1, -0.05) is 6.58 Å². The van der Waals surface area contributed by atoms with Crippen LogP contribution in [0.25, 0.3) is 0 Å². The maximum absolute atomic E-state index is 10.9. The highest BCUT2D eigenvalue weighted by Crippen LogP contribution is 2.05. The number of rotatable bonds is 9. The number of thiol groups is 1. The second kappa shape index (κ2) is 8.84. The minimum atomic E-state index is -1.09. The van der Waals surface area contributed by atoms with Crippen LogP contribution in [-0.2, 0) is 14.3 Å². The van der Waals surface area contributed by atoms with Gasteiger partial charge in [0.1, 0.15) is 18.6 Å². The lowest BCUT2D eigenvalue weighted by atomic mass is 10.2. The summed E-state index contributed by atoms with van der Waals surface area (Å²) in [6.07, 6.45) is 2.19. The van der Waals surface area contributed by atoms with Gasteiger partial charge in [-0.25, -0.2) is 4.79 Å². The Morgan fingerprint density at radius 2 is 2.25 bits per heavy atom. The fourth-order valence-electron chi connectivity index (χ4n) is 0.964. The van der Waals surface area contributed by atoms with Gasteiger partial charge in [-0.3, -0.25) is 0 Å². The van der Waals surface area contributed by atoms with Crippen molar-refractivity contribution in [3.63, 3.8) is 0 Å². The summed E-state index contributed by atoms with van der Waals surface area (Å²) in [5.41, 5.74) is 0.528. The third-order valence-electron chi connectivity index (χ3n) is 1.70. The quantitative estimate of drug-likeness (QED) is 0.182. The van der Waals surface area contributed by atoms with Crippen LogP contribution in [0.2, 0.25) is 0 Å². The standard InChI is InChI=1S/C10H15NO4S/c1-2-15-6-8(7-16)9(10(13)14)11-4-3-5-12/h2,5,11,16H,1,3-4,6-7H2,(H,13,14)/b9-8-. The summed E-state index contributed by atoms with van der Waals surface area (Å²) < 4.78 is 4.91. The average Bonchev–Trinajstić information content (AvgIpc) is 2.27. The van der Waals surface area contributed by atoms with Gasteiger partial charge in [0.05, 0.1) is 6.26 Å². The van der Waals surface area contributed by atoms with Gasteiger partial charge in [0.15, 0.2) is 0 Å². The normalized spacial score (nSPS) is 11.3. The van der Waals surface area contributed by atoms with E-state index in [0.717, 1.165) is 0 Å². The van der Waals surface area contributed by atoms with E-state index < -0.39 is 5.97 Å². The molecule has 5 nitrogen and oxygen atoms in total. The Bertz CT molecular complexity index is 289. The molecule has 6 heteroatoms. The van der Waals surface area contributed by atoms with E-state index >= 15 is 0 Å². The first kappa shape index (κ1) is 14.6. The first-order chi connectivity index (χ1) is 7.67. The summed E-state index contributed by atoms with van der Waals surface area (Å²) in [4.78, 5) is 21.0. The second-order valence-corrected chi connectivity index (χ2v) is 3.12. The lowest BCUT2D eigenvalue weighted by Crippen LogP contribution is -2.25. The van der Waals surface area contributed by atoms with E-state index in [1.54, 1.807) is 0 Å². The van der Waals surface area contributed by atoms with Crippen LogP contribution in [0.3, 0.4) is 0 Å². The number of hydrogen-bond acceptors (Lipinski definition) is 5. The molecule has 0 radical (unpaired) electrons. The number of carboxylic acids is 1. The smallest absolute Gasteiger partial charge is 0.352 e. The van der Waals surface area contributed by atoms with Crippen LogP contribution in [0.5, 0.6) is 0 Å². The molecule has 16 heavy (non-hydrogen) atoms. The molecule has 0 aliphatic rings. The van der Waals surface area contributed by atoms with E-state index in [1.807, 2.05) is 0 Å². The summed E-state index contributed by atoms with van der Waals surface area (Å²) in [7, 11) is 0. The largest absolute Gasteiger partial charge is 0.497 e. The van der Waals surface area contributed by atoms with Crippen molar-refractivity contribution in [1.29, 1.82) is 0 Å². The van der Waals surface area contributed by atoms with Crippen LogP contribution in [-0.4, -0.2) is 36.3 Å².